The van der Waals surface area contributed by atoms with Gasteiger partial charge in [-0.15, -0.1) is 0 Å². The fourth-order valence-electron chi connectivity index (χ4n) is 2.30. The monoisotopic (exact) mass is 312 g/mol. The first-order valence-corrected chi connectivity index (χ1v) is 7.15. The van der Waals surface area contributed by atoms with Gasteiger partial charge in [-0.1, -0.05) is 35.9 Å². The third-order valence-electron chi connectivity index (χ3n) is 3.30. The number of para-hydroxylation sites is 2. The van der Waals surface area contributed by atoms with Gasteiger partial charge in [0.2, 0.25) is 5.91 Å². The van der Waals surface area contributed by atoms with Gasteiger partial charge >= 0.3 is 0 Å². The van der Waals surface area contributed by atoms with Crippen LogP contribution in [0.4, 0.5) is 11.4 Å². The number of carbonyl (C=O) groups excluding carboxylic acids is 2. The zero-order valence-corrected chi connectivity index (χ0v) is 12.4. The number of nitrogens with one attached hydrogen (secondary N) is 1. The lowest BCUT2D eigenvalue weighted by Gasteiger charge is -2.28. The average Bonchev–Trinajstić information content (AvgIpc) is 2.52. The Balaban J connectivity index is 1.85. The fraction of sp³-hybridized carbons (Fsp3) is 0.0588. The van der Waals surface area contributed by atoms with Gasteiger partial charge in [0.05, 0.1) is 11.4 Å². The lowest BCUT2D eigenvalue weighted by atomic mass is 10.1. The molecule has 1 aliphatic rings. The first kappa shape index (κ1) is 14.4. The largest absolute Gasteiger partial charge is 0.323 e. The molecule has 22 heavy (non-hydrogen) atoms. The van der Waals surface area contributed by atoms with Crippen LogP contribution in [0.2, 0.25) is 5.02 Å². The number of carbonyl (C=O) groups is 2. The fourth-order valence-corrected chi connectivity index (χ4v) is 2.50. The Morgan fingerprint density at radius 2 is 2.00 bits per heavy atom. The Morgan fingerprint density at radius 1 is 1.18 bits per heavy atom. The summed E-state index contributed by atoms with van der Waals surface area (Å²) in [6.07, 6.45) is 3.13. The predicted molar refractivity (Wildman–Crippen MR) is 87.9 cm³/mol. The first-order valence-electron chi connectivity index (χ1n) is 6.77. The molecule has 2 aromatic carbocycles. The summed E-state index contributed by atoms with van der Waals surface area (Å²) in [5.74, 6) is -0.453. The summed E-state index contributed by atoms with van der Waals surface area (Å²) in [4.78, 5) is 25.6. The summed E-state index contributed by atoms with van der Waals surface area (Å²) in [6, 6.07) is 14.4. The van der Waals surface area contributed by atoms with E-state index in [0.29, 0.717) is 16.4 Å². The van der Waals surface area contributed by atoms with Gasteiger partial charge in [0.15, 0.2) is 0 Å². The summed E-state index contributed by atoms with van der Waals surface area (Å²) in [7, 11) is 0. The molecule has 2 amide bonds. The molecule has 0 saturated heterocycles. The van der Waals surface area contributed by atoms with E-state index < -0.39 is 0 Å². The number of halogens is 1. The minimum absolute atomic E-state index is 0.00966. The molecule has 1 N–H and O–H groups in total. The molecule has 3 rings (SSSR count). The standard InChI is InChI=1S/C17H13ClN2O2/c18-13-5-3-4-12(10-13)8-9-17(22)20-11-16(21)19-14-6-1-2-7-15(14)20/h1-10H,11H2,(H,19,21)/b9-8+. The number of anilines is 2. The van der Waals surface area contributed by atoms with Crippen LogP contribution in [-0.2, 0) is 9.59 Å². The maximum absolute atomic E-state index is 12.4. The molecule has 0 saturated carbocycles. The van der Waals surface area contributed by atoms with Gasteiger partial charge in [-0.2, -0.15) is 0 Å². The van der Waals surface area contributed by atoms with E-state index in [-0.39, 0.29) is 18.4 Å². The van der Waals surface area contributed by atoms with E-state index in [4.69, 9.17) is 11.6 Å². The van der Waals surface area contributed by atoms with E-state index >= 15 is 0 Å². The van der Waals surface area contributed by atoms with Crippen molar-refractivity contribution in [3.8, 4) is 0 Å². The molecular formula is C17H13ClN2O2. The third kappa shape index (κ3) is 3.02. The summed E-state index contributed by atoms with van der Waals surface area (Å²) in [5.41, 5.74) is 2.17. The molecule has 1 aliphatic heterocycles. The Hall–Kier alpha value is -2.59. The molecule has 110 valence electrons. The highest BCUT2D eigenvalue weighted by atomic mass is 35.5. The lowest BCUT2D eigenvalue weighted by Crippen LogP contribution is -2.41. The molecule has 0 unspecified atom stereocenters. The van der Waals surface area contributed by atoms with Crippen LogP contribution in [0, 0.1) is 0 Å². The van der Waals surface area contributed by atoms with E-state index in [1.54, 1.807) is 30.3 Å². The highest BCUT2D eigenvalue weighted by Crippen LogP contribution is 2.29. The van der Waals surface area contributed by atoms with Gasteiger partial charge in [-0.25, -0.2) is 0 Å². The zero-order chi connectivity index (χ0) is 15.5. The van der Waals surface area contributed by atoms with Gasteiger partial charge in [-0.3, -0.25) is 14.5 Å². The molecule has 2 aromatic rings. The highest BCUT2D eigenvalue weighted by Gasteiger charge is 2.24. The predicted octanol–water partition coefficient (Wildman–Crippen LogP) is 3.34. The number of fused-ring (bicyclic) bond motifs is 1. The van der Waals surface area contributed by atoms with E-state index in [1.165, 1.54) is 11.0 Å². The number of benzene rings is 2. The topological polar surface area (TPSA) is 49.4 Å². The smallest absolute Gasteiger partial charge is 0.251 e. The Bertz CT molecular complexity index is 771. The van der Waals surface area contributed by atoms with E-state index in [9.17, 15) is 9.59 Å². The second-order valence-corrected chi connectivity index (χ2v) is 5.31. The van der Waals surface area contributed by atoms with Crippen LogP contribution in [0.3, 0.4) is 0 Å². The van der Waals surface area contributed by atoms with Crippen molar-refractivity contribution in [1.29, 1.82) is 0 Å². The third-order valence-corrected chi connectivity index (χ3v) is 3.54. The second-order valence-electron chi connectivity index (χ2n) is 4.88. The molecule has 0 aliphatic carbocycles. The first-order chi connectivity index (χ1) is 10.6. The molecule has 0 atom stereocenters. The van der Waals surface area contributed by atoms with Crippen molar-refractivity contribution in [1.82, 2.24) is 0 Å². The van der Waals surface area contributed by atoms with Crippen molar-refractivity contribution in [2.75, 3.05) is 16.8 Å². The van der Waals surface area contributed by atoms with Crippen molar-refractivity contribution in [3.63, 3.8) is 0 Å². The normalized spacial score (nSPS) is 13.9. The maximum Gasteiger partial charge on any atom is 0.251 e. The number of hydrogen-bond acceptors (Lipinski definition) is 2. The van der Waals surface area contributed by atoms with Gasteiger partial charge in [-0.05, 0) is 35.9 Å². The molecule has 0 bridgehead atoms. The summed E-state index contributed by atoms with van der Waals surface area (Å²) >= 11 is 5.91. The van der Waals surface area contributed by atoms with Gasteiger partial charge in [0.1, 0.15) is 6.54 Å². The summed E-state index contributed by atoms with van der Waals surface area (Å²) in [5, 5.41) is 3.36. The summed E-state index contributed by atoms with van der Waals surface area (Å²) < 4.78 is 0. The van der Waals surface area contributed by atoms with E-state index in [2.05, 4.69) is 5.32 Å². The van der Waals surface area contributed by atoms with Gasteiger partial charge in [0.25, 0.3) is 5.91 Å². The van der Waals surface area contributed by atoms with Crippen molar-refractivity contribution >= 4 is 40.9 Å². The zero-order valence-electron chi connectivity index (χ0n) is 11.6. The molecule has 0 aromatic heterocycles. The molecule has 0 fully saturated rings. The number of rotatable bonds is 2. The van der Waals surface area contributed by atoms with Crippen LogP contribution in [-0.4, -0.2) is 18.4 Å². The minimum atomic E-state index is -0.248. The molecular weight excluding hydrogens is 300 g/mol. The van der Waals surface area contributed by atoms with Crippen LogP contribution in [0.25, 0.3) is 6.08 Å². The SMILES string of the molecule is O=C1CN(C(=O)/C=C/c2cccc(Cl)c2)c2ccccc2N1. The van der Waals surface area contributed by atoms with Crippen LogP contribution >= 0.6 is 11.6 Å². The molecule has 1 heterocycles. The van der Waals surface area contributed by atoms with E-state index in [1.807, 2.05) is 24.3 Å². The minimum Gasteiger partial charge on any atom is -0.323 e. The number of hydrogen-bond donors (Lipinski definition) is 1. The Labute approximate surface area is 133 Å². The Kier molecular flexibility index (Phi) is 3.94. The second kappa shape index (κ2) is 6.03. The van der Waals surface area contributed by atoms with Crippen molar-refractivity contribution in [3.05, 3.63) is 65.2 Å². The summed E-state index contributed by atoms with van der Waals surface area (Å²) in [6.45, 7) is 0.00966. The highest BCUT2D eigenvalue weighted by molar-refractivity contribution is 6.30. The average molecular weight is 313 g/mol. The molecule has 0 spiro atoms. The van der Waals surface area contributed by atoms with Crippen LogP contribution < -0.4 is 10.2 Å². The van der Waals surface area contributed by atoms with Crippen molar-refractivity contribution in [2.45, 2.75) is 0 Å². The van der Waals surface area contributed by atoms with Crippen LogP contribution in [0.15, 0.2) is 54.6 Å². The number of nitrogens with zero attached hydrogens (tertiary/aromatic N) is 1. The van der Waals surface area contributed by atoms with Crippen molar-refractivity contribution < 1.29 is 9.59 Å². The molecule has 4 nitrogen and oxygen atoms in total. The van der Waals surface area contributed by atoms with Crippen molar-refractivity contribution in [2.24, 2.45) is 0 Å². The number of amides is 2. The van der Waals surface area contributed by atoms with Crippen LogP contribution in [0.5, 0.6) is 0 Å². The van der Waals surface area contributed by atoms with E-state index in [0.717, 1.165) is 5.56 Å². The van der Waals surface area contributed by atoms with Gasteiger partial charge in [0, 0.05) is 11.1 Å². The lowest BCUT2D eigenvalue weighted by molar-refractivity contribution is -0.119. The maximum atomic E-state index is 12.4. The Morgan fingerprint density at radius 3 is 2.82 bits per heavy atom. The molecule has 5 heteroatoms. The van der Waals surface area contributed by atoms with Crippen LogP contribution in [0.1, 0.15) is 5.56 Å². The molecule has 0 radical (unpaired) electrons. The van der Waals surface area contributed by atoms with Gasteiger partial charge < -0.3 is 5.32 Å². The quantitative estimate of drug-likeness (QED) is 0.865.